The molecule has 0 spiro atoms. The molecule has 0 atom stereocenters. The number of imidazole rings is 1. The van der Waals surface area contributed by atoms with Gasteiger partial charge in [0.05, 0.1) is 33.4 Å². The minimum atomic E-state index is -0.209. The summed E-state index contributed by atoms with van der Waals surface area (Å²) in [5.41, 5.74) is 12.5. The molecule has 0 N–H and O–H groups in total. The number of hydrogen-bond donors (Lipinski definition) is 0. The Hall–Kier alpha value is -5.48. The molecule has 43 heavy (non-hydrogen) atoms. The van der Waals surface area contributed by atoms with Crippen molar-refractivity contribution < 1.29 is 0 Å². The fraction of sp³-hybridized carbons (Fsp3) is 0.0769. The second kappa shape index (κ2) is 8.76. The summed E-state index contributed by atoms with van der Waals surface area (Å²) < 4.78 is 4.78. The Balaban J connectivity index is 1.28. The van der Waals surface area contributed by atoms with Crippen LogP contribution in [0.3, 0.4) is 0 Å². The van der Waals surface area contributed by atoms with Gasteiger partial charge in [-0.15, -0.1) is 0 Å². The molecule has 4 heteroatoms. The summed E-state index contributed by atoms with van der Waals surface area (Å²) in [5.74, 6) is 0.955. The zero-order chi connectivity index (χ0) is 28.7. The number of fused-ring (bicyclic) bond motifs is 5. The molecule has 5 aromatic carbocycles. The first kappa shape index (κ1) is 24.2. The largest absolute Gasteiger partial charge is 0.309 e. The zero-order valence-corrected chi connectivity index (χ0v) is 24.0. The van der Waals surface area contributed by atoms with Gasteiger partial charge in [0.25, 0.3) is 0 Å². The normalized spacial score (nSPS) is 13.5. The summed E-state index contributed by atoms with van der Waals surface area (Å²) in [6.45, 7) is 4.68. The predicted octanol–water partition coefficient (Wildman–Crippen LogP) is 9.49. The van der Waals surface area contributed by atoms with Crippen molar-refractivity contribution in [2.45, 2.75) is 19.3 Å². The van der Waals surface area contributed by atoms with E-state index in [1.807, 2.05) is 24.4 Å². The molecule has 0 unspecified atom stereocenters. The molecule has 0 radical (unpaired) electrons. The van der Waals surface area contributed by atoms with Crippen LogP contribution >= 0.6 is 0 Å². The van der Waals surface area contributed by atoms with E-state index in [0.717, 1.165) is 28.2 Å². The molecule has 0 aliphatic carbocycles. The molecule has 1 aliphatic heterocycles. The lowest BCUT2D eigenvalue weighted by Gasteiger charge is -2.35. The van der Waals surface area contributed by atoms with Crippen molar-refractivity contribution in [2.24, 2.45) is 0 Å². The molecule has 0 amide bonds. The molecule has 0 bridgehead atoms. The van der Waals surface area contributed by atoms with Crippen LogP contribution in [0, 0.1) is 0 Å². The van der Waals surface area contributed by atoms with Crippen molar-refractivity contribution in [1.29, 1.82) is 0 Å². The standard InChI is InChI=1S/C39H28N4/c1-39(2)30-12-9-14-33-37(30)43(38(41-33)26-19-17-25(18-20-26)32-13-7-8-23-40-32)36-22-21-27(24-31(36)39)42-34-15-5-3-10-28(34)29-11-4-6-16-35(29)42/h3-24H,1-2H3. The second-order valence-corrected chi connectivity index (χ2v) is 11.9. The van der Waals surface area contributed by atoms with E-state index in [2.05, 4.69) is 137 Å². The molecule has 8 aromatic rings. The van der Waals surface area contributed by atoms with Crippen LogP contribution in [0.15, 0.2) is 134 Å². The van der Waals surface area contributed by atoms with E-state index >= 15 is 0 Å². The number of pyridine rings is 1. The molecule has 1 aliphatic rings. The van der Waals surface area contributed by atoms with Gasteiger partial charge in [-0.2, -0.15) is 0 Å². The van der Waals surface area contributed by atoms with Gasteiger partial charge in [0, 0.05) is 39.2 Å². The third-order valence-corrected chi connectivity index (χ3v) is 9.19. The minimum absolute atomic E-state index is 0.209. The first-order chi connectivity index (χ1) is 21.1. The van der Waals surface area contributed by atoms with Crippen molar-refractivity contribution >= 4 is 32.8 Å². The third kappa shape index (κ3) is 3.38. The smallest absolute Gasteiger partial charge is 0.145 e. The van der Waals surface area contributed by atoms with Gasteiger partial charge in [0.2, 0.25) is 0 Å². The van der Waals surface area contributed by atoms with Gasteiger partial charge >= 0.3 is 0 Å². The Morgan fingerprint density at radius 3 is 2.00 bits per heavy atom. The first-order valence-electron chi connectivity index (χ1n) is 14.8. The lowest BCUT2D eigenvalue weighted by atomic mass is 9.74. The van der Waals surface area contributed by atoms with E-state index in [-0.39, 0.29) is 5.41 Å². The molecule has 4 nitrogen and oxygen atoms in total. The second-order valence-electron chi connectivity index (χ2n) is 11.9. The van der Waals surface area contributed by atoms with Gasteiger partial charge < -0.3 is 4.57 Å². The van der Waals surface area contributed by atoms with Crippen LogP contribution in [0.2, 0.25) is 0 Å². The van der Waals surface area contributed by atoms with E-state index in [1.165, 1.54) is 49.8 Å². The maximum Gasteiger partial charge on any atom is 0.145 e. The maximum absolute atomic E-state index is 5.22. The Bertz CT molecular complexity index is 2300. The van der Waals surface area contributed by atoms with Gasteiger partial charge in [0.1, 0.15) is 5.82 Å². The highest BCUT2D eigenvalue weighted by Gasteiger charge is 2.36. The highest BCUT2D eigenvalue weighted by atomic mass is 15.1. The van der Waals surface area contributed by atoms with Crippen LogP contribution in [0.1, 0.15) is 25.0 Å². The SMILES string of the molecule is CC1(C)c2cc(-n3c4ccccc4c4ccccc43)ccc2-n2c(-c3ccc(-c4ccccn4)cc3)nc3cccc1c32. The third-order valence-electron chi connectivity index (χ3n) is 9.19. The topological polar surface area (TPSA) is 35.6 Å². The Kier molecular flexibility index (Phi) is 4.92. The summed E-state index contributed by atoms with van der Waals surface area (Å²) in [6, 6.07) is 45.5. The Morgan fingerprint density at radius 1 is 0.581 bits per heavy atom. The van der Waals surface area contributed by atoms with Gasteiger partial charge in [-0.1, -0.05) is 92.7 Å². The van der Waals surface area contributed by atoms with Gasteiger partial charge in [-0.25, -0.2) is 4.98 Å². The van der Waals surface area contributed by atoms with Crippen LogP contribution < -0.4 is 0 Å². The fourth-order valence-corrected chi connectivity index (χ4v) is 7.09. The summed E-state index contributed by atoms with van der Waals surface area (Å²) in [7, 11) is 0. The van der Waals surface area contributed by atoms with E-state index in [1.54, 1.807) is 0 Å². The lowest BCUT2D eigenvalue weighted by Crippen LogP contribution is -2.26. The van der Waals surface area contributed by atoms with Gasteiger partial charge in [0.15, 0.2) is 0 Å². The van der Waals surface area contributed by atoms with Crippen LogP contribution in [0.25, 0.3) is 66.9 Å². The molecular formula is C39H28N4. The molecule has 0 fully saturated rings. The van der Waals surface area contributed by atoms with Gasteiger partial charge in [-0.3, -0.25) is 9.55 Å². The predicted molar refractivity (Wildman–Crippen MR) is 176 cm³/mol. The number of benzene rings is 5. The van der Waals surface area contributed by atoms with E-state index in [9.17, 15) is 0 Å². The number of rotatable bonds is 3. The number of aromatic nitrogens is 4. The summed E-state index contributed by atoms with van der Waals surface area (Å²) >= 11 is 0. The first-order valence-corrected chi connectivity index (χ1v) is 14.8. The number of hydrogen-bond acceptors (Lipinski definition) is 2. The molecule has 0 saturated heterocycles. The molecule has 4 heterocycles. The average molecular weight is 553 g/mol. The average Bonchev–Trinajstić information content (AvgIpc) is 3.61. The lowest BCUT2D eigenvalue weighted by molar-refractivity contribution is 0.628. The maximum atomic E-state index is 5.22. The highest BCUT2D eigenvalue weighted by molar-refractivity contribution is 6.09. The van der Waals surface area contributed by atoms with Crippen LogP contribution in [-0.2, 0) is 5.41 Å². The van der Waals surface area contributed by atoms with Gasteiger partial charge in [-0.05, 0) is 59.7 Å². The van der Waals surface area contributed by atoms with Crippen molar-refractivity contribution in [3.05, 3.63) is 145 Å². The van der Waals surface area contributed by atoms with Crippen LogP contribution in [0.5, 0.6) is 0 Å². The Labute approximate surface area is 249 Å². The summed E-state index contributed by atoms with van der Waals surface area (Å²) in [6.07, 6.45) is 1.84. The monoisotopic (exact) mass is 552 g/mol. The van der Waals surface area contributed by atoms with Crippen molar-refractivity contribution in [2.75, 3.05) is 0 Å². The van der Waals surface area contributed by atoms with E-state index in [4.69, 9.17) is 4.98 Å². The number of nitrogens with zero attached hydrogens (tertiary/aromatic N) is 4. The quantitative estimate of drug-likeness (QED) is 0.219. The molecule has 9 rings (SSSR count). The van der Waals surface area contributed by atoms with Crippen molar-refractivity contribution in [3.8, 4) is 34.0 Å². The Morgan fingerprint density at radius 2 is 1.28 bits per heavy atom. The summed E-state index contributed by atoms with van der Waals surface area (Å²) in [5, 5.41) is 2.54. The van der Waals surface area contributed by atoms with E-state index in [0.29, 0.717) is 0 Å². The highest BCUT2D eigenvalue weighted by Crippen LogP contribution is 2.47. The number of para-hydroxylation sites is 3. The van der Waals surface area contributed by atoms with Crippen molar-refractivity contribution in [1.82, 2.24) is 19.1 Å². The minimum Gasteiger partial charge on any atom is -0.309 e. The van der Waals surface area contributed by atoms with Crippen LogP contribution in [-0.4, -0.2) is 19.1 Å². The van der Waals surface area contributed by atoms with Crippen molar-refractivity contribution in [3.63, 3.8) is 0 Å². The molecule has 3 aromatic heterocycles. The fourth-order valence-electron chi connectivity index (χ4n) is 7.09. The molecule has 0 saturated carbocycles. The van der Waals surface area contributed by atoms with Crippen LogP contribution in [0.4, 0.5) is 0 Å². The zero-order valence-electron chi connectivity index (χ0n) is 24.0. The van der Waals surface area contributed by atoms with E-state index < -0.39 is 0 Å². The molecular weight excluding hydrogens is 524 g/mol. The summed E-state index contributed by atoms with van der Waals surface area (Å²) in [4.78, 5) is 9.75. The molecule has 204 valence electrons.